The van der Waals surface area contributed by atoms with Crippen molar-refractivity contribution in [2.75, 3.05) is 27.3 Å². The van der Waals surface area contributed by atoms with Gasteiger partial charge in [0.15, 0.2) is 5.70 Å². The molecule has 0 spiro atoms. The van der Waals surface area contributed by atoms with E-state index in [1.165, 1.54) is 14.2 Å². The lowest BCUT2D eigenvalue weighted by molar-refractivity contribution is -0.133. The number of aromatic amines is 1. The fraction of sp³-hybridized carbons (Fsp3) is 0.316. The maximum absolute atomic E-state index is 13.0. The first kappa shape index (κ1) is 20.5. The van der Waals surface area contributed by atoms with E-state index in [-0.39, 0.29) is 20.8 Å². The van der Waals surface area contributed by atoms with E-state index in [1.54, 1.807) is 29.2 Å². The second-order valence-corrected chi connectivity index (χ2v) is 7.19. The van der Waals surface area contributed by atoms with Gasteiger partial charge in [0.1, 0.15) is 20.6 Å². The van der Waals surface area contributed by atoms with E-state index in [1.807, 2.05) is 0 Å². The summed E-state index contributed by atoms with van der Waals surface area (Å²) in [6, 6.07) is 7.00. The quantitative estimate of drug-likeness (QED) is 0.575. The average molecular weight is 416 g/mol. The van der Waals surface area contributed by atoms with Crippen LogP contribution in [0.25, 0.3) is 11.8 Å². The Morgan fingerprint density at radius 3 is 2.62 bits per heavy atom. The van der Waals surface area contributed by atoms with Gasteiger partial charge in [0.05, 0.1) is 14.2 Å². The topological polar surface area (TPSA) is 113 Å². The molecular weight excluding hydrogens is 396 g/mol. The van der Waals surface area contributed by atoms with Crippen LogP contribution in [-0.4, -0.2) is 49.1 Å². The zero-order valence-electron chi connectivity index (χ0n) is 16.0. The highest BCUT2D eigenvalue weighted by Gasteiger charge is 2.23. The number of aromatic nitrogens is 1. The highest BCUT2D eigenvalue weighted by molar-refractivity contribution is 7.07. The minimum Gasteiger partial charge on any atom is -0.494 e. The van der Waals surface area contributed by atoms with Crippen LogP contribution in [0.4, 0.5) is 5.69 Å². The summed E-state index contributed by atoms with van der Waals surface area (Å²) in [6.07, 6.45) is 2.89. The molecule has 1 aliphatic rings. The van der Waals surface area contributed by atoms with Gasteiger partial charge in [-0.2, -0.15) is 0 Å². The standard InChI is InChI=1S/C19H20N4O5S/c1-27-13-8-4-3-7-12(13)21-22-16(19(26)23-9-5-6-10-23)18-20-17(25)14(29-18)11-15(24)28-2/h3-4,7-8,11H,5-6,9-10H2,1-2H3,(H,20,25)/b14-11-,18-16-,22-21?. The third-order valence-corrected chi connectivity index (χ3v) is 5.29. The number of likely N-dealkylation sites (tertiary alicyclic amines) is 1. The normalized spacial score (nSPS) is 15.7. The van der Waals surface area contributed by atoms with E-state index in [0.29, 0.717) is 24.5 Å². The molecule has 10 heteroatoms. The van der Waals surface area contributed by atoms with Crippen molar-refractivity contribution in [3.05, 3.63) is 43.8 Å². The van der Waals surface area contributed by atoms with E-state index in [2.05, 4.69) is 19.9 Å². The number of amides is 1. The van der Waals surface area contributed by atoms with Gasteiger partial charge in [-0.3, -0.25) is 9.59 Å². The van der Waals surface area contributed by atoms with Crippen LogP contribution >= 0.6 is 11.3 Å². The molecule has 1 fully saturated rings. The number of nitrogens with one attached hydrogen (secondary N) is 1. The van der Waals surface area contributed by atoms with Crippen molar-refractivity contribution in [1.29, 1.82) is 0 Å². The number of carbonyl (C=O) groups excluding carboxylic acids is 2. The molecule has 2 heterocycles. The van der Waals surface area contributed by atoms with Gasteiger partial charge < -0.3 is 19.4 Å². The first-order valence-corrected chi connectivity index (χ1v) is 9.72. The number of nitrogens with zero attached hydrogens (tertiary/aromatic N) is 3. The van der Waals surface area contributed by atoms with E-state index >= 15 is 0 Å². The van der Waals surface area contributed by atoms with E-state index < -0.39 is 11.5 Å². The van der Waals surface area contributed by atoms with Crippen LogP contribution in [0.1, 0.15) is 12.8 Å². The summed E-state index contributed by atoms with van der Waals surface area (Å²) in [5, 5.41) is 8.31. The largest absolute Gasteiger partial charge is 0.494 e. The van der Waals surface area contributed by atoms with Gasteiger partial charge in [-0.1, -0.05) is 12.1 Å². The Morgan fingerprint density at radius 2 is 1.93 bits per heavy atom. The number of hydrogen-bond acceptors (Lipinski definition) is 8. The zero-order valence-corrected chi connectivity index (χ0v) is 16.8. The number of hydrogen-bond donors (Lipinski definition) is 1. The second-order valence-electron chi connectivity index (χ2n) is 6.14. The molecule has 1 aromatic carbocycles. The molecule has 1 N–H and O–H groups in total. The van der Waals surface area contributed by atoms with Crippen molar-refractivity contribution in [2.24, 2.45) is 10.2 Å². The predicted octanol–water partition coefficient (Wildman–Crippen LogP) is 0.913. The van der Waals surface area contributed by atoms with Crippen molar-refractivity contribution in [3.63, 3.8) is 0 Å². The van der Waals surface area contributed by atoms with Crippen LogP contribution in [-0.2, 0) is 14.3 Å². The molecule has 3 rings (SSSR count). The lowest BCUT2D eigenvalue weighted by Crippen LogP contribution is -2.31. The number of H-pyrrole nitrogens is 1. The Hall–Kier alpha value is -3.27. The Balaban J connectivity index is 2.12. The summed E-state index contributed by atoms with van der Waals surface area (Å²) in [4.78, 5) is 40.9. The second kappa shape index (κ2) is 9.28. The van der Waals surface area contributed by atoms with Crippen LogP contribution in [0.2, 0.25) is 0 Å². The number of thiazole rings is 1. The summed E-state index contributed by atoms with van der Waals surface area (Å²) in [5.41, 5.74) is -0.0546. The van der Waals surface area contributed by atoms with Gasteiger partial charge in [0.25, 0.3) is 11.5 Å². The van der Waals surface area contributed by atoms with E-state index in [0.717, 1.165) is 30.3 Å². The van der Waals surface area contributed by atoms with Gasteiger partial charge in [-0.25, -0.2) is 4.79 Å². The summed E-state index contributed by atoms with van der Waals surface area (Å²) >= 11 is 0.950. The number of rotatable bonds is 5. The van der Waals surface area contributed by atoms with Gasteiger partial charge >= 0.3 is 5.97 Å². The maximum Gasteiger partial charge on any atom is 0.332 e. The van der Waals surface area contributed by atoms with Gasteiger partial charge in [-0.15, -0.1) is 21.6 Å². The van der Waals surface area contributed by atoms with E-state index in [9.17, 15) is 14.4 Å². The SMILES string of the molecule is COC(=O)/C=c1\s/c(=C(\N=Nc2ccccc2OC)C(=O)N2CCCC2)[nH]c1=O. The molecule has 0 atom stereocenters. The highest BCUT2D eigenvalue weighted by atomic mass is 32.1. The molecule has 0 bridgehead atoms. The summed E-state index contributed by atoms with van der Waals surface area (Å²) in [5.74, 6) is -0.487. The average Bonchev–Trinajstić information content (AvgIpc) is 3.39. The van der Waals surface area contributed by atoms with Crippen molar-refractivity contribution < 1.29 is 19.1 Å². The number of carbonyl (C=O) groups is 2. The predicted molar refractivity (Wildman–Crippen MR) is 107 cm³/mol. The number of ether oxygens (including phenoxy) is 2. The Kier molecular flexibility index (Phi) is 6.55. The van der Waals surface area contributed by atoms with Crippen LogP contribution in [0, 0.1) is 0 Å². The summed E-state index contributed by atoms with van der Waals surface area (Å²) < 4.78 is 10.2. The molecule has 1 saturated heterocycles. The summed E-state index contributed by atoms with van der Waals surface area (Å²) in [7, 11) is 2.73. The molecule has 2 aromatic rings. The van der Waals surface area contributed by atoms with E-state index in [4.69, 9.17) is 4.74 Å². The Labute approximate surface area is 170 Å². The molecule has 1 aliphatic heterocycles. The minimum atomic E-state index is -0.660. The monoisotopic (exact) mass is 416 g/mol. The van der Waals surface area contributed by atoms with Gasteiger partial charge in [-0.05, 0) is 25.0 Å². The van der Waals surface area contributed by atoms with Crippen molar-refractivity contribution in [3.8, 4) is 5.75 Å². The lowest BCUT2D eigenvalue weighted by Gasteiger charge is -2.14. The Morgan fingerprint density at radius 1 is 1.21 bits per heavy atom. The fourth-order valence-corrected chi connectivity index (χ4v) is 3.67. The van der Waals surface area contributed by atoms with Crippen LogP contribution < -0.4 is 19.5 Å². The molecule has 1 amide bonds. The molecule has 29 heavy (non-hydrogen) atoms. The number of benzene rings is 1. The smallest absolute Gasteiger partial charge is 0.332 e. The molecule has 0 unspecified atom stereocenters. The molecule has 0 radical (unpaired) electrons. The third-order valence-electron chi connectivity index (χ3n) is 4.27. The molecule has 9 nitrogen and oxygen atoms in total. The lowest BCUT2D eigenvalue weighted by atomic mass is 10.3. The summed E-state index contributed by atoms with van der Waals surface area (Å²) in [6.45, 7) is 1.23. The third kappa shape index (κ3) is 4.77. The number of azo groups is 1. The van der Waals surface area contributed by atoms with Gasteiger partial charge in [0, 0.05) is 19.2 Å². The fourth-order valence-electron chi connectivity index (χ4n) is 2.79. The Bertz CT molecular complexity index is 1110. The van der Waals surface area contributed by atoms with Crippen LogP contribution in [0.3, 0.4) is 0 Å². The maximum atomic E-state index is 13.0. The molecular formula is C19H20N4O5S. The number of methoxy groups -OCH3 is 2. The van der Waals surface area contributed by atoms with Crippen molar-refractivity contribution in [2.45, 2.75) is 12.8 Å². The zero-order chi connectivity index (χ0) is 20.8. The molecule has 0 saturated carbocycles. The molecule has 0 aliphatic carbocycles. The van der Waals surface area contributed by atoms with Gasteiger partial charge in [0.2, 0.25) is 0 Å². The van der Waals surface area contributed by atoms with Crippen molar-refractivity contribution in [1.82, 2.24) is 9.88 Å². The first-order chi connectivity index (χ1) is 14.0. The van der Waals surface area contributed by atoms with Crippen LogP contribution in [0.15, 0.2) is 39.3 Å². The minimum absolute atomic E-state index is 0.00409. The molecule has 1 aromatic heterocycles. The van der Waals surface area contributed by atoms with Crippen LogP contribution in [0.5, 0.6) is 5.75 Å². The molecule has 152 valence electrons. The number of esters is 1. The number of para-hydroxylation sites is 1. The first-order valence-electron chi connectivity index (χ1n) is 8.90. The van der Waals surface area contributed by atoms with Crippen molar-refractivity contribution >= 4 is 40.7 Å². The highest BCUT2D eigenvalue weighted by Crippen LogP contribution is 2.27.